The third-order valence-electron chi connectivity index (χ3n) is 2.30. The first-order chi connectivity index (χ1) is 8.26. The number of benzene rings is 1. The van der Waals surface area contributed by atoms with Crippen molar-refractivity contribution in [2.24, 2.45) is 12.8 Å². The molecule has 2 rings (SSSR count). The summed E-state index contributed by atoms with van der Waals surface area (Å²) >= 11 is 3.23. The van der Waals surface area contributed by atoms with Crippen molar-refractivity contribution in [1.29, 1.82) is 0 Å². The summed E-state index contributed by atoms with van der Waals surface area (Å²) in [5, 5.41) is 12.2. The average molecular weight is 267 g/mol. The van der Waals surface area contributed by atoms with Gasteiger partial charge in [0.25, 0.3) is 0 Å². The van der Waals surface area contributed by atoms with E-state index in [-0.39, 0.29) is 0 Å². The summed E-state index contributed by atoms with van der Waals surface area (Å²) in [5.41, 5.74) is 6.96. The van der Waals surface area contributed by atoms with E-state index in [0.29, 0.717) is 6.54 Å². The first-order valence-corrected chi connectivity index (χ1v) is 7.06. The van der Waals surface area contributed by atoms with E-state index in [4.69, 9.17) is 5.73 Å². The standard InChI is InChI=1S/C10H13N5S2/c1-15-10(12-13-14-15)17-9-5-3-4-8(16-2)7(9)6-11/h3-5H,6,11H2,1-2H3. The third kappa shape index (κ3) is 2.62. The van der Waals surface area contributed by atoms with E-state index in [1.165, 1.54) is 16.7 Å². The lowest BCUT2D eigenvalue weighted by molar-refractivity contribution is 0.664. The van der Waals surface area contributed by atoms with Crippen LogP contribution in [0.15, 0.2) is 33.1 Å². The zero-order valence-corrected chi connectivity index (χ0v) is 11.3. The van der Waals surface area contributed by atoms with Gasteiger partial charge in [0.1, 0.15) is 0 Å². The predicted octanol–water partition coefficient (Wildman–Crippen LogP) is 1.54. The van der Waals surface area contributed by atoms with Gasteiger partial charge in [-0.25, -0.2) is 4.68 Å². The number of thioether (sulfide) groups is 1. The summed E-state index contributed by atoms with van der Waals surface area (Å²) in [6.45, 7) is 0.518. The molecule has 0 radical (unpaired) electrons. The van der Waals surface area contributed by atoms with Gasteiger partial charge in [-0.1, -0.05) is 6.07 Å². The Labute approximate surface area is 108 Å². The quantitative estimate of drug-likeness (QED) is 0.847. The van der Waals surface area contributed by atoms with Crippen LogP contribution in [0.3, 0.4) is 0 Å². The van der Waals surface area contributed by atoms with Crippen LogP contribution in [0.4, 0.5) is 0 Å². The van der Waals surface area contributed by atoms with Crippen LogP contribution in [0.5, 0.6) is 0 Å². The molecule has 0 bridgehead atoms. The van der Waals surface area contributed by atoms with Gasteiger partial charge in [0.05, 0.1) is 0 Å². The van der Waals surface area contributed by atoms with Gasteiger partial charge in [-0.3, -0.25) is 0 Å². The molecular weight excluding hydrogens is 254 g/mol. The average Bonchev–Trinajstić information content (AvgIpc) is 2.74. The third-order valence-corrected chi connectivity index (χ3v) is 4.25. The molecule has 0 aliphatic carbocycles. The smallest absolute Gasteiger partial charge is 0.213 e. The molecule has 1 heterocycles. The molecule has 2 aromatic rings. The van der Waals surface area contributed by atoms with Crippen LogP contribution >= 0.6 is 23.5 Å². The minimum Gasteiger partial charge on any atom is -0.326 e. The van der Waals surface area contributed by atoms with Crippen LogP contribution < -0.4 is 5.73 Å². The summed E-state index contributed by atoms with van der Waals surface area (Å²) in [4.78, 5) is 2.31. The van der Waals surface area contributed by atoms with Crippen molar-refractivity contribution < 1.29 is 0 Å². The normalized spacial score (nSPS) is 10.8. The molecule has 0 saturated carbocycles. The zero-order chi connectivity index (χ0) is 12.3. The van der Waals surface area contributed by atoms with E-state index in [9.17, 15) is 0 Å². The van der Waals surface area contributed by atoms with Crippen LogP contribution in [0.1, 0.15) is 5.56 Å². The summed E-state index contributed by atoms with van der Waals surface area (Å²) < 4.78 is 1.65. The van der Waals surface area contributed by atoms with E-state index >= 15 is 0 Å². The number of nitrogens with zero attached hydrogens (tertiary/aromatic N) is 4. The van der Waals surface area contributed by atoms with Gasteiger partial charge in [-0.05, 0) is 46.1 Å². The van der Waals surface area contributed by atoms with Crippen LogP contribution in [0, 0.1) is 0 Å². The van der Waals surface area contributed by atoms with Crippen molar-refractivity contribution in [3.8, 4) is 0 Å². The molecule has 1 aromatic heterocycles. The molecule has 17 heavy (non-hydrogen) atoms. The second-order valence-corrected chi connectivity index (χ2v) is 5.19. The first-order valence-electron chi connectivity index (χ1n) is 5.02. The number of hydrogen-bond donors (Lipinski definition) is 1. The van der Waals surface area contributed by atoms with E-state index in [1.807, 2.05) is 25.4 Å². The number of aromatic nitrogens is 4. The molecule has 0 atom stereocenters. The summed E-state index contributed by atoms with van der Waals surface area (Å²) in [6.07, 6.45) is 2.05. The minimum atomic E-state index is 0.518. The van der Waals surface area contributed by atoms with Gasteiger partial charge in [0, 0.05) is 23.4 Å². The lowest BCUT2D eigenvalue weighted by Crippen LogP contribution is -2.01. The van der Waals surface area contributed by atoms with E-state index in [2.05, 4.69) is 21.6 Å². The van der Waals surface area contributed by atoms with Crippen molar-refractivity contribution in [1.82, 2.24) is 20.2 Å². The fourth-order valence-corrected chi connectivity index (χ4v) is 3.06. The molecule has 0 fully saturated rings. The van der Waals surface area contributed by atoms with Gasteiger partial charge in [-0.2, -0.15) is 0 Å². The Balaban J connectivity index is 2.36. The fraction of sp³-hybridized carbons (Fsp3) is 0.300. The van der Waals surface area contributed by atoms with Gasteiger partial charge >= 0.3 is 0 Å². The van der Waals surface area contributed by atoms with Crippen LogP contribution in [-0.2, 0) is 13.6 Å². The molecule has 0 unspecified atom stereocenters. The second-order valence-electron chi connectivity index (χ2n) is 3.33. The molecule has 1 aromatic carbocycles. The molecular formula is C10H13N5S2. The fourth-order valence-electron chi connectivity index (χ4n) is 1.44. The molecule has 0 aliphatic rings. The van der Waals surface area contributed by atoms with Crippen molar-refractivity contribution in [2.75, 3.05) is 6.26 Å². The highest BCUT2D eigenvalue weighted by atomic mass is 32.2. The first kappa shape index (κ1) is 12.4. The van der Waals surface area contributed by atoms with Crippen molar-refractivity contribution in [3.63, 3.8) is 0 Å². The Bertz CT molecular complexity index is 511. The topological polar surface area (TPSA) is 69.6 Å². The Morgan fingerprint density at radius 2 is 2.12 bits per heavy atom. The summed E-state index contributed by atoms with van der Waals surface area (Å²) in [6, 6.07) is 6.14. The number of aryl methyl sites for hydroxylation is 1. The number of hydrogen-bond acceptors (Lipinski definition) is 6. The lowest BCUT2D eigenvalue weighted by Gasteiger charge is -2.10. The Kier molecular flexibility index (Phi) is 4.03. The molecule has 0 aliphatic heterocycles. The molecule has 0 amide bonds. The Morgan fingerprint density at radius 3 is 2.71 bits per heavy atom. The Hall–Kier alpha value is -1.05. The summed E-state index contributed by atoms with van der Waals surface area (Å²) in [5.74, 6) is 0. The SMILES string of the molecule is CSc1cccc(Sc2nnnn2C)c1CN. The number of rotatable bonds is 4. The maximum Gasteiger partial charge on any atom is 0.213 e. The highest BCUT2D eigenvalue weighted by molar-refractivity contribution is 7.99. The van der Waals surface area contributed by atoms with Crippen LogP contribution in [0.2, 0.25) is 0 Å². The molecule has 90 valence electrons. The molecule has 5 nitrogen and oxygen atoms in total. The van der Waals surface area contributed by atoms with Gasteiger partial charge in [0.2, 0.25) is 5.16 Å². The molecule has 7 heteroatoms. The highest BCUT2D eigenvalue weighted by Gasteiger charge is 2.11. The van der Waals surface area contributed by atoms with Gasteiger partial charge in [-0.15, -0.1) is 16.9 Å². The van der Waals surface area contributed by atoms with E-state index in [1.54, 1.807) is 16.4 Å². The molecule has 0 saturated heterocycles. The zero-order valence-electron chi connectivity index (χ0n) is 9.62. The highest BCUT2D eigenvalue weighted by Crippen LogP contribution is 2.33. The van der Waals surface area contributed by atoms with E-state index < -0.39 is 0 Å². The van der Waals surface area contributed by atoms with Gasteiger partial charge < -0.3 is 5.73 Å². The number of nitrogens with two attached hydrogens (primary N) is 1. The maximum atomic E-state index is 5.81. The van der Waals surface area contributed by atoms with Crippen molar-refractivity contribution in [2.45, 2.75) is 21.5 Å². The Morgan fingerprint density at radius 1 is 1.35 bits per heavy atom. The van der Waals surface area contributed by atoms with Gasteiger partial charge in [0.15, 0.2) is 0 Å². The van der Waals surface area contributed by atoms with Crippen LogP contribution in [0.25, 0.3) is 0 Å². The van der Waals surface area contributed by atoms with Crippen LogP contribution in [-0.4, -0.2) is 26.5 Å². The summed E-state index contributed by atoms with van der Waals surface area (Å²) in [7, 11) is 1.82. The lowest BCUT2D eigenvalue weighted by atomic mass is 10.2. The van der Waals surface area contributed by atoms with Crippen molar-refractivity contribution >= 4 is 23.5 Å². The molecule has 2 N–H and O–H groups in total. The van der Waals surface area contributed by atoms with Crippen molar-refractivity contribution in [3.05, 3.63) is 23.8 Å². The second kappa shape index (κ2) is 5.52. The monoisotopic (exact) mass is 267 g/mol. The largest absolute Gasteiger partial charge is 0.326 e. The molecule has 0 spiro atoms. The minimum absolute atomic E-state index is 0.518. The maximum absolute atomic E-state index is 5.81. The predicted molar refractivity (Wildman–Crippen MR) is 69.0 cm³/mol. The van der Waals surface area contributed by atoms with E-state index in [0.717, 1.165) is 15.6 Å². The number of tetrazole rings is 1.